The highest BCUT2D eigenvalue weighted by Gasteiger charge is 2.27. The lowest BCUT2D eigenvalue weighted by molar-refractivity contribution is 0.164. The highest BCUT2D eigenvalue weighted by Crippen LogP contribution is 2.36. The monoisotopic (exact) mass is 178 g/mol. The minimum atomic E-state index is -0.230. The van der Waals surface area contributed by atoms with Gasteiger partial charge in [-0.1, -0.05) is 6.42 Å². The first-order valence-corrected chi connectivity index (χ1v) is 4.66. The van der Waals surface area contributed by atoms with Gasteiger partial charge in [-0.05, 0) is 24.5 Å². The molecule has 0 aromatic carbocycles. The molecule has 1 fully saturated rings. The maximum Gasteiger partial charge on any atom is 0.0610 e. The van der Waals surface area contributed by atoms with Crippen molar-refractivity contribution >= 4 is 5.69 Å². The quantitative estimate of drug-likeness (QED) is 0.681. The van der Waals surface area contributed by atoms with Gasteiger partial charge < -0.3 is 10.8 Å². The highest BCUT2D eigenvalue weighted by molar-refractivity contribution is 5.47. The number of nitrogens with zero attached hydrogens (tertiary/aromatic N) is 1. The number of anilines is 1. The average molecular weight is 178 g/mol. The molecule has 1 aromatic heterocycles. The van der Waals surface area contributed by atoms with Crippen molar-refractivity contribution in [3.05, 3.63) is 24.0 Å². The van der Waals surface area contributed by atoms with Gasteiger partial charge in [0.25, 0.3) is 0 Å². The van der Waals surface area contributed by atoms with E-state index in [9.17, 15) is 5.11 Å². The Bertz CT molecular complexity index is 301. The van der Waals surface area contributed by atoms with Crippen molar-refractivity contribution in [2.75, 3.05) is 5.73 Å². The lowest BCUT2D eigenvalue weighted by atomic mass is 9.96. The fourth-order valence-electron chi connectivity index (χ4n) is 2.03. The van der Waals surface area contributed by atoms with Crippen LogP contribution in [-0.2, 0) is 0 Å². The molecule has 0 spiro atoms. The lowest BCUT2D eigenvalue weighted by Gasteiger charge is -2.15. The Labute approximate surface area is 77.6 Å². The molecule has 3 heteroatoms. The molecular weight excluding hydrogens is 164 g/mol. The molecule has 0 radical (unpaired) electrons. The van der Waals surface area contributed by atoms with Crippen molar-refractivity contribution < 1.29 is 5.11 Å². The number of hydrogen-bond acceptors (Lipinski definition) is 3. The first kappa shape index (κ1) is 8.51. The molecule has 13 heavy (non-hydrogen) atoms. The Hall–Kier alpha value is -1.09. The average Bonchev–Trinajstić information content (AvgIpc) is 2.52. The fraction of sp³-hybridized carbons (Fsp3) is 0.500. The van der Waals surface area contributed by atoms with Crippen LogP contribution < -0.4 is 5.73 Å². The van der Waals surface area contributed by atoms with Gasteiger partial charge in [-0.2, -0.15) is 0 Å². The molecule has 0 saturated heterocycles. The molecule has 2 atom stereocenters. The van der Waals surface area contributed by atoms with Crippen molar-refractivity contribution in [1.82, 2.24) is 4.98 Å². The van der Waals surface area contributed by atoms with Gasteiger partial charge in [0.1, 0.15) is 0 Å². The molecule has 1 aliphatic carbocycles. The second-order valence-corrected chi connectivity index (χ2v) is 3.61. The zero-order valence-electron chi connectivity index (χ0n) is 7.48. The molecule has 1 aliphatic rings. The normalized spacial score (nSPS) is 27.8. The predicted octanol–water partition coefficient (Wildman–Crippen LogP) is 1.29. The van der Waals surface area contributed by atoms with Gasteiger partial charge in [-0.3, -0.25) is 4.98 Å². The smallest absolute Gasteiger partial charge is 0.0610 e. The molecule has 3 nitrogen and oxygen atoms in total. The van der Waals surface area contributed by atoms with Crippen molar-refractivity contribution in [1.29, 1.82) is 0 Å². The largest absolute Gasteiger partial charge is 0.398 e. The van der Waals surface area contributed by atoms with Crippen LogP contribution in [0.15, 0.2) is 18.5 Å². The summed E-state index contributed by atoms with van der Waals surface area (Å²) in [4.78, 5) is 4.03. The fourth-order valence-corrected chi connectivity index (χ4v) is 2.03. The van der Waals surface area contributed by atoms with Crippen LogP contribution in [0.4, 0.5) is 5.69 Å². The minimum absolute atomic E-state index is 0.202. The molecule has 3 N–H and O–H groups in total. The second kappa shape index (κ2) is 3.34. The van der Waals surface area contributed by atoms with Gasteiger partial charge >= 0.3 is 0 Å². The number of aliphatic hydroxyl groups is 1. The van der Waals surface area contributed by atoms with Crippen LogP contribution in [0, 0.1) is 0 Å². The summed E-state index contributed by atoms with van der Waals surface area (Å²) < 4.78 is 0. The number of pyridine rings is 1. The summed E-state index contributed by atoms with van der Waals surface area (Å²) in [5.74, 6) is 0.202. The minimum Gasteiger partial charge on any atom is -0.398 e. The molecule has 2 unspecified atom stereocenters. The van der Waals surface area contributed by atoms with Gasteiger partial charge in [0.2, 0.25) is 0 Å². The van der Waals surface area contributed by atoms with Crippen molar-refractivity contribution in [2.45, 2.75) is 31.3 Å². The Morgan fingerprint density at radius 2 is 2.31 bits per heavy atom. The Morgan fingerprint density at radius 1 is 1.46 bits per heavy atom. The number of nitrogens with two attached hydrogens (primary N) is 1. The SMILES string of the molecule is Nc1ccncc1C1CCCC1O. The number of rotatable bonds is 1. The van der Waals surface area contributed by atoms with E-state index in [1.165, 1.54) is 0 Å². The van der Waals surface area contributed by atoms with E-state index in [1.54, 1.807) is 18.5 Å². The van der Waals surface area contributed by atoms with E-state index in [-0.39, 0.29) is 12.0 Å². The Kier molecular flexibility index (Phi) is 2.19. The van der Waals surface area contributed by atoms with Crippen LogP contribution in [0.2, 0.25) is 0 Å². The van der Waals surface area contributed by atoms with Crippen LogP contribution >= 0.6 is 0 Å². The van der Waals surface area contributed by atoms with E-state index in [1.807, 2.05) is 0 Å². The summed E-state index contributed by atoms with van der Waals surface area (Å²) in [6.07, 6.45) is 6.22. The summed E-state index contributed by atoms with van der Waals surface area (Å²) in [5.41, 5.74) is 7.57. The van der Waals surface area contributed by atoms with Crippen LogP contribution in [-0.4, -0.2) is 16.2 Å². The van der Waals surface area contributed by atoms with Gasteiger partial charge in [0.05, 0.1) is 6.10 Å². The zero-order chi connectivity index (χ0) is 9.26. The summed E-state index contributed by atoms with van der Waals surface area (Å²) >= 11 is 0. The summed E-state index contributed by atoms with van der Waals surface area (Å²) in [6, 6.07) is 1.79. The molecule has 70 valence electrons. The summed E-state index contributed by atoms with van der Waals surface area (Å²) in [5, 5.41) is 9.68. The maximum absolute atomic E-state index is 9.68. The van der Waals surface area contributed by atoms with Crippen molar-refractivity contribution in [3.8, 4) is 0 Å². The van der Waals surface area contributed by atoms with Crippen LogP contribution in [0.5, 0.6) is 0 Å². The predicted molar refractivity (Wildman–Crippen MR) is 51.2 cm³/mol. The second-order valence-electron chi connectivity index (χ2n) is 3.61. The summed E-state index contributed by atoms with van der Waals surface area (Å²) in [6.45, 7) is 0. The third-order valence-electron chi connectivity index (χ3n) is 2.77. The molecule has 1 aromatic rings. The van der Waals surface area contributed by atoms with Crippen LogP contribution in [0.1, 0.15) is 30.7 Å². The number of nitrogen functional groups attached to an aromatic ring is 1. The summed E-state index contributed by atoms with van der Waals surface area (Å²) in [7, 11) is 0. The third kappa shape index (κ3) is 1.52. The van der Waals surface area contributed by atoms with Crippen LogP contribution in [0.3, 0.4) is 0 Å². The van der Waals surface area contributed by atoms with Crippen LogP contribution in [0.25, 0.3) is 0 Å². The van der Waals surface area contributed by atoms with Gasteiger partial charge in [0.15, 0.2) is 0 Å². The lowest BCUT2D eigenvalue weighted by Crippen LogP contribution is -2.12. The van der Waals surface area contributed by atoms with E-state index < -0.39 is 0 Å². The molecule has 0 bridgehead atoms. The highest BCUT2D eigenvalue weighted by atomic mass is 16.3. The van der Waals surface area contributed by atoms with E-state index in [0.29, 0.717) is 0 Å². The molecular formula is C10H14N2O. The van der Waals surface area contributed by atoms with E-state index in [4.69, 9.17) is 5.73 Å². The first-order valence-electron chi connectivity index (χ1n) is 4.66. The molecule has 0 amide bonds. The van der Waals surface area contributed by atoms with E-state index in [0.717, 1.165) is 30.5 Å². The zero-order valence-corrected chi connectivity index (χ0v) is 7.48. The van der Waals surface area contributed by atoms with Crippen molar-refractivity contribution in [2.24, 2.45) is 0 Å². The molecule has 2 rings (SSSR count). The standard InChI is InChI=1S/C10H14N2O/c11-9-4-5-12-6-8(9)7-2-1-3-10(7)13/h4-7,10,13H,1-3H2,(H2,11,12). The number of hydrogen-bond donors (Lipinski definition) is 2. The topological polar surface area (TPSA) is 59.1 Å². The Balaban J connectivity index is 2.29. The van der Waals surface area contributed by atoms with Gasteiger partial charge in [0, 0.05) is 24.0 Å². The van der Waals surface area contributed by atoms with E-state index in [2.05, 4.69) is 4.98 Å². The Morgan fingerprint density at radius 3 is 2.92 bits per heavy atom. The van der Waals surface area contributed by atoms with Gasteiger partial charge in [-0.15, -0.1) is 0 Å². The maximum atomic E-state index is 9.68. The van der Waals surface area contributed by atoms with Crippen molar-refractivity contribution in [3.63, 3.8) is 0 Å². The van der Waals surface area contributed by atoms with E-state index >= 15 is 0 Å². The third-order valence-corrected chi connectivity index (χ3v) is 2.77. The number of aliphatic hydroxyl groups excluding tert-OH is 1. The number of aromatic nitrogens is 1. The first-order chi connectivity index (χ1) is 6.29. The molecule has 0 aliphatic heterocycles. The molecule has 1 heterocycles. The molecule has 1 saturated carbocycles. The van der Waals surface area contributed by atoms with Gasteiger partial charge in [-0.25, -0.2) is 0 Å².